The van der Waals surface area contributed by atoms with Gasteiger partial charge in [-0.25, -0.2) is 9.13 Å². The van der Waals surface area contributed by atoms with E-state index in [1.165, 1.54) is 44.9 Å². The van der Waals surface area contributed by atoms with E-state index in [0.717, 1.165) is 161 Å². The molecule has 4 N–H and O–H groups in total. The lowest BCUT2D eigenvalue weighted by Crippen LogP contribution is -2.30. The van der Waals surface area contributed by atoms with E-state index in [0.29, 0.717) is 19.3 Å². The smallest absolute Gasteiger partial charge is 0.463 e. The number of hydrogen-bond donors (Lipinski definition) is 4. The quantitative estimate of drug-likeness (QED) is 0.0146. The first-order chi connectivity index (χ1) is 42.2. The maximum atomic E-state index is 12.9. The number of aliphatic hydroxyl groups is 2. The Balaban J connectivity index is 4.60. The Hall–Kier alpha value is -3.53. The third-order valence-corrected chi connectivity index (χ3v) is 15.6. The summed E-state index contributed by atoms with van der Waals surface area (Å²) in [7, 11) is -9.78. The number of aliphatic hydroxyl groups excluding tert-OH is 2. The minimum atomic E-state index is -4.93. The molecule has 0 rings (SSSR count). The van der Waals surface area contributed by atoms with E-state index in [-0.39, 0.29) is 19.3 Å². The lowest BCUT2D eigenvalue weighted by Gasteiger charge is -2.21. The molecule has 0 aliphatic carbocycles. The molecular formula is C69H120O16P2. The fraction of sp³-hybridized carbons (Fsp3) is 0.725. The van der Waals surface area contributed by atoms with Crippen LogP contribution in [-0.4, -0.2) is 95.9 Å². The van der Waals surface area contributed by atoms with Crippen LogP contribution in [0.5, 0.6) is 0 Å². The van der Waals surface area contributed by atoms with E-state index in [1.807, 2.05) is 0 Å². The van der Waals surface area contributed by atoms with Gasteiger partial charge in [0, 0.05) is 19.3 Å². The zero-order valence-corrected chi connectivity index (χ0v) is 56.0. The van der Waals surface area contributed by atoms with Gasteiger partial charge >= 0.3 is 33.6 Å². The van der Waals surface area contributed by atoms with Crippen molar-refractivity contribution in [3.63, 3.8) is 0 Å². The Morgan fingerprint density at radius 1 is 0.322 bits per heavy atom. The van der Waals surface area contributed by atoms with Crippen LogP contribution in [-0.2, 0) is 55.8 Å². The highest BCUT2D eigenvalue weighted by molar-refractivity contribution is 7.47. The summed E-state index contributed by atoms with van der Waals surface area (Å²) in [6, 6.07) is 0. The van der Waals surface area contributed by atoms with Crippen LogP contribution in [0.3, 0.4) is 0 Å². The fourth-order valence-corrected chi connectivity index (χ4v) is 10.1. The van der Waals surface area contributed by atoms with Gasteiger partial charge < -0.3 is 34.2 Å². The number of hydrogen-bond acceptors (Lipinski definition) is 14. The van der Waals surface area contributed by atoms with Crippen LogP contribution in [0.15, 0.2) is 97.2 Å². The first-order valence-electron chi connectivity index (χ1n) is 33.5. The second kappa shape index (κ2) is 62.7. The molecule has 16 nitrogen and oxygen atoms in total. The number of phosphoric ester groups is 2. The maximum absolute atomic E-state index is 12.9. The van der Waals surface area contributed by atoms with E-state index in [9.17, 15) is 43.5 Å². The van der Waals surface area contributed by atoms with Crippen molar-refractivity contribution in [2.24, 2.45) is 0 Å². The maximum Gasteiger partial charge on any atom is 0.472 e. The Labute approximate surface area is 527 Å². The molecule has 0 heterocycles. The summed E-state index contributed by atoms with van der Waals surface area (Å²) < 4.78 is 60.8. The number of phosphoric acid groups is 2. The van der Waals surface area contributed by atoms with Crippen LogP contribution in [0, 0.1) is 0 Å². The summed E-state index contributed by atoms with van der Waals surface area (Å²) in [6.45, 7) is 2.49. The van der Waals surface area contributed by atoms with Gasteiger partial charge in [0.1, 0.15) is 25.4 Å². The predicted molar refractivity (Wildman–Crippen MR) is 353 cm³/mol. The minimum Gasteiger partial charge on any atom is -0.463 e. The number of rotatable bonds is 63. The monoisotopic (exact) mass is 1270 g/mol. The van der Waals surface area contributed by atoms with E-state index in [4.69, 9.17) is 32.3 Å². The molecule has 0 amide bonds. The highest BCUT2D eigenvalue weighted by atomic mass is 31.2. The van der Waals surface area contributed by atoms with Crippen LogP contribution in [0.4, 0.5) is 0 Å². The number of carbonyl (C=O) groups excluding carboxylic acids is 3. The normalized spacial score (nSPS) is 14.9. The number of ether oxygens (including phenoxy) is 3. The van der Waals surface area contributed by atoms with Crippen molar-refractivity contribution in [1.82, 2.24) is 0 Å². The van der Waals surface area contributed by atoms with Crippen molar-refractivity contribution in [2.45, 2.75) is 283 Å². The molecule has 0 spiro atoms. The molecule has 502 valence electrons. The van der Waals surface area contributed by atoms with E-state index in [1.54, 1.807) is 0 Å². The molecule has 0 fully saturated rings. The first kappa shape index (κ1) is 83.5. The van der Waals surface area contributed by atoms with Crippen LogP contribution < -0.4 is 0 Å². The van der Waals surface area contributed by atoms with E-state index in [2.05, 4.69) is 118 Å². The standard InChI is InChI=1S/C69H120O16P2/c1-4-7-10-13-16-19-22-25-27-28-29-30-31-32-33-34-36-39-40-43-46-49-52-55-67(72)79-58-64(70)59-81-86(75,76)82-60-65(71)61-83-87(77,78)84-63-66(85-69(74)57-54-51-48-45-42-37-24-21-18-15-12-9-6-3)62-80-68(73)56-53-50-47-44-41-38-35-26-23-20-17-14-11-8-5-2/h12,15-17,19-21,24-27,29-30,32-33,35,64-66,70-71H,4-11,13-14,18,22-23,28,31,34,36-63H2,1-3H3,(H,75,76)(H,77,78)/b15-12-,19-16-,20-17-,24-21-,27-25-,30-29-,33-32-,35-26-. The van der Waals surface area contributed by atoms with Gasteiger partial charge in [-0.2, -0.15) is 0 Å². The van der Waals surface area contributed by atoms with Gasteiger partial charge in [-0.05, 0) is 122 Å². The summed E-state index contributed by atoms with van der Waals surface area (Å²) in [6.07, 6.45) is 67.5. The molecular weight excluding hydrogens is 1150 g/mol. The average Bonchev–Trinajstić information content (AvgIpc) is 3.52. The first-order valence-corrected chi connectivity index (χ1v) is 36.5. The molecule has 0 aromatic rings. The van der Waals surface area contributed by atoms with Crippen molar-refractivity contribution in [1.29, 1.82) is 0 Å². The predicted octanol–water partition coefficient (Wildman–Crippen LogP) is 18.3. The van der Waals surface area contributed by atoms with Gasteiger partial charge in [0.05, 0.1) is 26.4 Å². The molecule has 0 aromatic heterocycles. The second-order valence-electron chi connectivity index (χ2n) is 22.3. The van der Waals surface area contributed by atoms with Gasteiger partial charge in [0.2, 0.25) is 0 Å². The van der Waals surface area contributed by atoms with Crippen molar-refractivity contribution >= 4 is 33.6 Å². The third-order valence-electron chi connectivity index (χ3n) is 13.7. The van der Waals surface area contributed by atoms with Gasteiger partial charge in [-0.1, -0.05) is 221 Å². The third kappa shape index (κ3) is 63.8. The van der Waals surface area contributed by atoms with Crippen molar-refractivity contribution in [3.05, 3.63) is 97.2 Å². The van der Waals surface area contributed by atoms with Gasteiger partial charge in [-0.15, -0.1) is 0 Å². The molecule has 0 aromatic carbocycles. The average molecular weight is 1270 g/mol. The van der Waals surface area contributed by atoms with Gasteiger partial charge in [0.15, 0.2) is 6.10 Å². The van der Waals surface area contributed by atoms with Crippen molar-refractivity contribution in [2.75, 3.05) is 39.6 Å². The molecule has 0 bridgehead atoms. The van der Waals surface area contributed by atoms with Crippen LogP contribution in [0.2, 0.25) is 0 Å². The Bertz CT molecular complexity index is 1980. The lowest BCUT2D eigenvalue weighted by atomic mass is 10.1. The van der Waals surface area contributed by atoms with Crippen LogP contribution in [0.1, 0.15) is 265 Å². The summed E-state index contributed by atoms with van der Waals surface area (Å²) in [5, 5.41) is 20.5. The lowest BCUT2D eigenvalue weighted by molar-refractivity contribution is -0.161. The number of allylic oxidation sites excluding steroid dienone is 16. The zero-order valence-electron chi connectivity index (χ0n) is 54.2. The van der Waals surface area contributed by atoms with Crippen molar-refractivity contribution in [3.8, 4) is 0 Å². The number of esters is 3. The number of unbranched alkanes of at least 4 members (excludes halogenated alkanes) is 24. The molecule has 0 radical (unpaired) electrons. The fourth-order valence-electron chi connectivity index (χ4n) is 8.56. The molecule has 0 saturated carbocycles. The SMILES string of the molecule is CCC/C=C\C/C=C\CCCCCCCC(=O)OC(COC(=O)CCCCCCC/C=C\C/C=C\CCCCC)COP(=O)(O)OCC(O)COP(=O)(O)OCC(O)COC(=O)CCCCCCCCC/C=C\C/C=C\C/C=C\C/C=C\CCCCC. The van der Waals surface area contributed by atoms with E-state index < -0.39 is 91.5 Å². The summed E-state index contributed by atoms with van der Waals surface area (Å²) in [5.74, 6) is -1.62. The molecule has 5 atom stereocenters. The highest BCUT2D eigenvalue weighted by Crippen LogP contribution is 2.45. The Morgan fingerprint density at radius 2 is 0.598 bits per heavy atom. The van der Waals surface area contributed by atoms with Crippen LogP contribution >= 0.6 is 15.6 Å². The molecule has 18 heteroatoms. The van der Waals surface area contributed by atoms with E-state index >= 15 is 0 Å². The molecule has 0 aliphatic rings. The Morgan fingerprint density at radius 3 is 0.954 bits per heavy atom. The molecule has 0 aliphatic heterocycles. The van der Waals surface area contributed by atoms with Crippen LogP contribution in [0.25, 0.3) is 0 Å². The van der Waals surface area contributed by atoms with Gasteiger partial charge in [-0.3, -0.25) is 32.5 Å². The summed E-state index contributed by atoms with van der Waals surface area (Å²) in [4.78, 5) is 58.3. The van der Waals surface area contributed by atoms with Gasteiger partial charge in [0.25, 0.3) is 0 Å². The zero-order chi connectivity index (χ0) is 63.8. The summed E-state index contributed by atoms with van der Waals surface area (Å²) in [5.41, 5.74) is 0. The second-order valence-corrected chi connectivity index (χ2v) is 25.2. The Kier molecular flexibility index (Phi) is 60.1. The molecule has 5 unspecified atom stereocenters. The summed E-state index contributed by atoms with van der Waals surface area (Å²) >= 11 is 0. The highest BCUT2D eigenvalue weighted by Gasteiger charge is 2.29. The topological polar surface area (TPSA) is 231 Å². The number of carbonyl (C=O) groups is 3. The molecule has 87 heavy (non-hydrogen) atoms. The molecule has 0 saturated heterocycles. The minimum absolute atomic E-state index is 0.0842. The largest absolute Gasteiger partial charge is 0.472 e. The van der Waals surface area contributed by atoms with Crippen molar-refractivity contribution < 1.29 is 75.8 Å².